The maximum Gasteiger partial charge on any atom is 0.142 e. The first-order valence-electron chi connectivity index (χ1n) is 7.56. The van der Waals surface area contributed by atoms with Crippen LogP contribution in [0.15, 0.2) is 29.8 Å². The summed E-state index contributed by atoms with van der Waals surface area (Å²) < 4.78 is 0. The SMILES string of the molecule is CN1CCCC(CNCc2csc(-c3ccccn3)n2)C1. The van der Waals surface area contributed by atoms with Crippen LogP contribution in [-0.4, -0.2) is 41.5 Å². The molecule has 0 aromatic carbocycles. The number of hydrogen-bond acceptors (Lipinski definition) is 5. The molecular formula is C16H22N4S. The monoisotopic (exact) mass is 302 g/mol. The number of hydrogen-bond donors (Lipinski definition) is 1. The van der Waals surface area contributed by atoms with E-state index in [1.807, 2.05) is 24.4 Å². The van der Waals surface area contributed by atoms with Gasteiger partial charge in [-0.2, -0.15) is 0 Å². The summed E-state index contributed by atoms with van der Waals surface area (Å²) in [5, 5.41) is 6.69. The summed E-state index contributed by atoms with van der Waals surface area (Å²) in [6.07, 6.45) is 4.48. The smallest absolute Gasteiger partial charge is 0.142 e. The lowest BCUT2D eigenvalue weighted by molar-refractivity contribution is 0.206. The van der Waals surface area contributed by atoms with Gasteiger partial charge in [0.25, 0.3) is 0 Å². The summed E-state index contributed by atoms with van der Waals surface area (Å²) in [6, 6.07) is 5.94. The number of piperidine rings is 1. The second-order valence-electron chi connectivity index (χ2n) is 5.76. The molecule has 1 atom stereocenters. The van der Waals surface area contributed by atoms with Crippen molar-refractivity contribution in [1.82, 2.24) is 20.2 Å². The Balaban J connectivity index is 1.49. The Morgan fingerprint density at radius 3 is 3.19 bits per heavy atom. The van der Waals surface area contributed by atoms with Gasteiger partial charge in [-0.05, 0) is 51.0 Å². The van der Waals surface area contributed by atoms with Gasteiger partial charge < -0.3 is 10.2 Å². The number of pyridine rings is 1. The molecule has 0 radical (unpaired) electrons. The summed E-state index contributed by atoms with van der Waals surface area (Å²) in [6.45, 7) is 4.39. The quantitative estimate of drug-likeness (QED) is 0.922. The Hall–Kier alpha value is -1.30. The van der Waals surface area contributed by atoms with E-state index in [0.29, 0.717) is 0 Å². The fourth-order valence-corrected chi connectivity index (χ4v) is 3.63. The molecule has 1 fully saturated rings. The third-order valence-corrected chi connectivity index (χ3v) is 4.81. The maximum absolute atomic E-state index is 4.66. The van der Waals surface area contributed by atoms with Crippen LogP contribution in [0, 0.1) is 5.92 Å². The number of aromatic nitrogens is 2. The molecule has 2 aromatic heterocycles. The number of likely N-dealkylation sites (tertiary alicyclic amines) is 1. The van der Waals surface area contributed by atoms with Crippen LogP contribution in [0.2, 0.25) is 0 Å². The first-order chi connectivity index (χ1) is 10.3. The number of nitrogens with zero attached hydrogens (tertiary/aromatic N) is 3. The minimum absolute atomic E-state index is 0.776. The zero-order valence-corrected chi connectivity index (χ0v) is 13.3. The minimum atomic E-state index is 0.776. The molecule has 0 saturated carbocycles. The fraction of sp³-hybridized carbons (Fsp3) is 0.500. The van der Waals surface area contributed by atoms with Crippen molar-refractivity contribution in [3.05, 3.63) is 35.5 Å². The molecule has 21 heavy (non-hydrogen) atoms. The first-order valence-corrected chi connectivity index (χ1v) is 8.44. The van der Waals surface area contributed by atoms with E-state index in [2.05, 4.69) is 32.6 Å². The van der Waals surface area contributed by atoms with E-state index in [4.69, 9.17) is 0 Å². The van der Waals surface area contributed by atoms with Gasteiger partial charge >= 0.3 is 0 Å². The Morgan fingerprint density at radius 1 is 1.43 bits per heavy atom. The van der Waals surface area contributed by atoms with Crippen LogP contribution in [0.5, 0.6) is 0 Å². The minimum Gasteiger partial charge on any atom is -0.311 e. The Morgan fingerprint density at radius 2 is 2.38 bits per heavy atom. The normalized spacial score (nSPS) is 19.8. The van der Waals surface area contributed by atoms with Gasteiger partial charge in [-0.1, -0.05) is 6.07 Å². The fourth-order valence-electron chi connectivity index (χ4n) is 2.84. The number of thiazole rings is 1. The van der Waals surface area contributed by atoms with Crippen LogP contribution in [0.25, 0.3) is 10.7 Å². The molecular weight excluding hydrogens is 280 g/mol. The van der Waals surface area contributed by atoms with Crippen LogP contribution in [0.1, 0.15) is 18.5 Å². The van der Waals surface area contributed by atoms with E-state index in [0.717, 1.165) is 35.4 Å². The number of rotatable bonds is 5. The van der Waals surface area contributed by atoms with Crippen molar-refractivity contribution in [2.24, 2.45) is 5.92 Å². The first kappa shape index (κ1) is 14.6. The van der Waals surface area contributed by atoms with Gasteiger partial charge in [0.2, 0.25) is 0 Å². The average molecular weight is 302 g/mol. The molecule has 0 bridgehead atoms. The molecule has 5 heteroatoms. The molecule has 112 valence electrons. The number of nitrogens with one attached hydrogen (secondary N) is 1. The van der Waals surface area contributed by atoms with Crippen molar-refractivity contribution in [3.63, 3.8) is 0 Å². The Bertz CT molecular complexity index is 554. The Kier molecular flexibility index (Phi) is 4.95. The van der Waals surface area contributed by atoms with Gasteiger partial charge in [-0.25, -0.2) is 4.98 Å². The van der Waals surface area contributed by atoms with E-state index in [1.165, 1.54) is 25.9 Å². The largest absolute Gasteiger partial charge is 0.311 e. The third-order valence-electron chi connectivity index (χ3n) is 3.90. The van der Waals surface area contributed by atoms with Crippen molar-refractivity contribution < 1.29 is 0 Å². The molecule has 1 saturated heterocycles. The highest BCUT2D eigenvalue weighted by molar-refractivity contribution is 7.13. The standard InChI is InChI=1S/C16H22N4S/c1-20-8-4-5-13(11-20)9-17-10-14-12-21-16(19-14)15-6-2-3-7-18-15/h2-3,6-7,12-13,17H,4-5,8-11H2,1H3. The van der Waals surface area contributed by atoms with Crippen molar-refractivity contribution in [3.8, 4) is 10.7 Å². The van der Waals surface area contributed by atoms with E-state index in [1.54, 1.807) is 11.3 Å². The Labute approximate surface area is 130 Å². The van der Waals surface area contributed by atoms with E-state index in [-0.39, 0.29) is 0 Å². The summed E-state index contributed by atoms with van der Waals surface area (Å²) in [5.41, 5.74) is 2.08. The van der Waals surface area contributed by atoms with Gasteiger partial charge in [0, 0.05) is 24.7 Å². The summed E-state index contributed by atoms with van der Waals surface area (Å²) in [5.74, 6) is 0.776. The van der Waals surface area contributed by atoms with Gasteiger partial charge in [0.15, 0.2) is 0 Å². The van der Waals surface area contributed by atoms with Crippen LogP contribution in [0.4, 0.5) is 0 Å². The predicted octanol–water partition coefficient (Wildman–Crippen LogP) is 2.64. The van der Waals surface area contributed by atoms with E-state index in [9.17, 15) is 0 Å². The van der Waals surface area contributed by atoms with Crippen LogP contribution < -0.4 is 5.32 Å². The van der Waals surface area contributed by atoms with E-state index >= 15 is 0 Å². The van der Waals surface area contributed by atoms with Crippen LogP contribution in [0.3, 0.4) is 0 Å². The predicted molar refractivity (Wildman–Crippen MR) is 87.3 cm³/mol. The van der Waals surface area contributed by atoms with Gasteiger partial charge in [0.1, 0.15) is 5.01 Å². The van der Waals surface area contributed by atoms with Gasteiger partial charge in [-0.15, -0.1) is 11.3 Å². The van der Waals surface area contributed by atoms with Crippen LogP contribution in [-0.2, 0) is 6.54 Å². The van der Waals surface area contributed by atoms with Crippen molar-refractivity contribution in [2.45, 2.75) is 19.4 Å². The molecule has 2 aromatic rings. The summed E-state index contributed by atoms with van der Waals surface area (Å²) >= 11 is 1.67. The molecule has 1 aliphatic heterocycles. The molecule has 3 heterocycles. The third kappa shape index (κ3) is 4.09. The molecule has 1 N–H and O–H groups in total. The van der Waals surface area contributed by atoms with Crippen molar-refractivity contribution in [1.29, 1.82) is 0 Å². The van der Waals surface area contributed by atoms with Crippen molar-refractivity contribution in [2.75, 3.05) is 26.7 Å². The topological polar surface area (TPSA) is 41.0 Å². The highest BCUT2D eigenvalue weighted by Gasteiger charge is 2.16. The lowest BCUT2D eigenvalue weighted by Gasteiger charge is -2.29. The van der Waals surface area contributed by atoms with Gasteiger partial charge in [-0.3, -0.25) is 4.98 Å². The lowest BCUT2D eigenvalue weighted by atomic mass is 9.98. The molecule has 3 rings (SSSR count). The lowest BCUT2D eigenvalue weighted by Crippen LogP contribution is -2.37. The van der Waals surface area contributed by atoms with E-state index < -0.39 is 0 Å². The summed E-state index contributed by atoms with van der Waals surface area (Å²) in [7, 11) is 2.21. The second-order valence-corrected chi connectivity index (χ2v) is 6.62. The molecule has 0 amide bonds. The summed E-state index contributed by atoms with van der Waals surface area (Å²) in [4.78, 5) is 11.4. The maximum atomic E-state index is 4.66. The van der Waals surface area contributed by atoms with Crippen LogP contribution >= 0.6 is 11.3 Å². The van der Waals surface area contributed by atoms with Gasteiger partial charge in [0.05, 0.1) is 11.4 Å². The average Bonchev–Trinajstić information content (AvgIpc) is 2.97. The molecule has 4 nitrogen and oxygen atoms in total. The van der Waals surface area contributed by atoms with Crippen molar-refractivity contribution >= 4 is 11.3 Å². The molecule has 0 spiro atoms. The molecule has 1 aliphatic rings. The highest BCUT2D eigenvalue weighted by atomic mass is 32.1. The molecule has 0 aliphatic carbocycles. The molecule has 1 unspecified atom stereocenters. The zero-order chi connectivity index (χ0) is 14.5. The second kappa shape index (κ2) is 7.11. The zero-order valence-electron chi connectivity index (χ0n) is 12.5. The highest BCUT2D eigenvalue weighted by Crippen LogP contribution is 2.21.